The highest BCUT2D eigenvalue weighted by atomic mass is 16.2. The van der Waals surface area contributed by atoms with Crippen LogP contribution in [0, 0.1) is 6.92 Å². The average Bonchev–Trinajstić information content (AvgIpc) is 2.57. The third kappa shape index (κ3) is 8.94. The van der Waals surface area contributed by atoms with Crippen LogP contribution >= 0.6 is 0 Å². The molecule has 1 aliphatic rings. The van der Waals surface area contributed by atoms with Gasteiger partial charge in [-0.15, -0.1) is 0 Å². The Bertz CT molecular complexity index is 489. The second kappa shape index (κ2) is 11.9. The summed E-state index contributed by atoms with van der Waals surface area (Å²) in [4.78, 5) is 12.2. The Morgan fingerprint density at radius 1 is 0.960 bits per heavy atom. The lowest BCUT2D eigenvalue weighted by molar-refractivity contribution is 0.234. The standard InChI is InChI=1S/C22H36N2O/c1-19-12-11-13-20(18-19)16-17-23-22(25)24-21-14-9-7-5-3-2-4-6-8-10-15-21/h11-13,18,21H,2-10,14-17H2,1H3,(H2,23,24,25). The van der Waals surface area contributed by atoms with E-state index in [9.17, 15) is 4.79 Å². The fourth-order valence-electron chi connectivity index (χ4n) is 3.73. The van der Waals surface area contributed by atoms with E-state index in [1.165, 1.54) is 68.9 Å². The molecule has 3 heteroatoms. The number of nitrogens with one attached hydrogen (secondary N) is 2. The SMILES string of the molecule is Cc1cccc(CCNC(=O)NC2CCCCCCCCCCC2)c1. The summed E-state index contributed by atoms with van der Waals surface area (Å²) in [6.45, 7) is 2.80. The van der Waals surface area contributed by atoms with E-state index in [0.29, 0.717) is 12.6 Å². The Labute approximate surface area is 154 Å². The first kappa shape index (κ1) is 19.8. The van der Waals surface area contributed by atoms with Gasteiger partial charge < -0.3 is 10.6 Å². The number of benzene rings is 1. The van der Waals surface area contributed by atoms with E-state index in [-0.39, 0.29) is 6.03 Å². The summed E-state index contributed by atoms with van der Waals surface area (Å²) < 4.78 is 0. The van der Waals surface area contributed by atoms with Crippen LogP contribution in [0.1, 0.15) is 81.8 Å². The van der Waals surface area contributed by atoms with Crippen molar-refractivity contribution in [2.24, 2.45) is 0 Å². The van der Waals surface area contributed by atoms with Crippen LogP contribution in [-0.2, 0) is 6.42 Å². The zero-order valence-corrected chi connectivity index (χ0v) is 16.0. The largest absolute Gasteiger partial charge is 0.338 e. The molecule has 2 amide bonds. The van der Waals surface area contributed by atoms with E-state index < -0.39 is 0 Å². The molecular formula is C22H36N2O. The zero-order chi connectivity index (χ0) is 17.7. The van der Waals surface area contributed by atoms with E-state index in [2.05, 4.69) is 41.8 Å². The first-order chi connectivity index (χ1) is 12.2. The molecule has 0 aliphatic heterocycles. The van der Waals surface area contributed by atoms with E-state index >= 15 is 0 Å². The molecule has 3 nitrogen and oxygen atoms in total. The average molecular weight is 345 g/mol. The van der Waals surface area contributed by atoms with Crippen molar-refractivity contribution in [3.8, 4) is 0 Å². The lowest BCUT2D eigenvalue weighted by atomic mass is 9.98. The molecule has 1 aliphatic carbocycles. The first-order valence-corrected chi connectivity index (χ1v) is 10.3. The minimum atomic E-state index is 0.00440. The van der Waals surface area contributed by atoms with E-state index in [1.54, 1.807) is 0 Å². The highest BCUT2D eigenvalue weighted by molar-refractivity contribution is 5.74. The van der Waals surface area contributed by atoms with Gasteiger partial charge in [-0.05, 0) is 31.7 Å². The van der Waals surface area contributed by atoms with Gasteiger partial charge in [-0.1, -0.05) is 87.6 Å². The van der Waals surface area contributed by atoms with Gasteiger partial charge in [0.25, 0.3) is 0 Å². The van der Waals surface area contributed by atoms with Gasteiger partial charge >= 0.3 is 6.03 Å². The number of rotatable bonds is 4. The molecular weight excluding hydrogens is 308 g/mol. The number of carbonyl (C=O) groups excluding carboxylic acids is 1. The van der Waals surface area contributed by atoms with Crippen molar-refractivity contribution in [3.63, 3.8) is 0 Å². The number of amides is 2. The fraction of sp³-hybridized carbons (Fsp3) is 0.682. The molecule has 25 heavy (non-hydrogen) atoms. The minimum Gasteiger partial charge on any atom is -0.338 e. The fourth-order valence-corrected chi connectivity index (χ4v) is 3.73. The van der Waals surface area contributed by atoms with Gasteiger partial charge in [0.15, 0.2) is 0 Å². The van der Waals surface area contributed by atoms with Gasteiger partial charge in [-0.3, -0.25) is 0 Å². The third-order valence-electron chi connectivity index (χ3n) is 5.22. The summed E-state index contributed by atoms with van der Waals surface area (Å²) in [7, 11) is 0. The van der Waals surface area contributed by atoms with Crippen molar-refractivity contribution in [2.45, 2.75) is 90.0 Å². The summed E-state index contributed by atoms with van der Waals surface area (Å²) in [6, 6.07) is 8.84. The van der Waals surface area contributed by atoms with Crippen molar-refractivity contribution in [1.29, 1.82) is 0 Å². The van der Waals surface area contributed by atoms with Crippen molar-refractivity contribution in [2.75, 3.05) is 6.54 Å². The molecule has 2 N–H and O–H groups in total. The molecule has 2 rings (SSSR count). The van der Waals surface area contributed by atoms with Crippen molar-refractivity contribution >= 4 is 6.03 Å². The Kier molecular flexibility index (Phi) is 9.46. The van der Waals surface area contributed by atoms with Crippen LogP contribution in [0.4, 0.5) is 4.79 Å². The predicted octanol–water partition coefficient (Wildman–Crippen LogP) is 5.51. The Hall–Kier alpha value is -1.51. The molecule has 0 bridgehead atoms. The number of hydrogen-bond acceptors (Lipinski definition) is 1. The number of urea groups is 1. The maximum Gasteiger partial charge on any atom is 0.315 e. The molecule has 0 spiro atoms. The van der Waals surface area contributed by atoms with E-state index in [0.717, 1.165) is 19.3 Å². The molecule has 0 heterocycles. The lowest BCUT2D eigenvalue weighted by Crippen LogP contribution is -2.42. The first-order valence-electron chi connectivity index (χ1n) is 10.3. The quantitative estimate of drug-likeness (QED) is 0.743. The van der Waals surface area contributed by atoms with Crippen molar-refractivity contribution in [3.05, 3.63) is 35.4 Å². The van der Waals surface area contributed by atoms with Gasteiger partial charge in [0, 0.05) is 12.6 Å². The summed E-state index contributed by atoms with van der Waals surface area (Å²) in [5.41, 5.74) is 2.56. The van der Waals surface area contributed by atoms with Crippen LogP contribution in [-0.4, -0.2) is 18.6 Å². The minimum absolute atomic E-state index is 0.00440. The van der Waals surface area contributed by atoms with Crippen LogP contribution in [0.25, 0.3) is 0 Å². The topological polar surface area (TPSA) is 41.1 Å². The van der Waals surface area contributed by atoms with Crippen molar-refractivity contribution < 1.29 is 4.79 Å². The second-order valence-electron chi connectivity index (χ2n) is 7.60. The van der Waals surface area contributed by atoms with Crippen LogP contribution in [0.2, 0.25) is 0 Å². The molecule has 1 aromatic rings. The smallest absolute Gasteiger partial charge is 0.315 e. The molecule has 0 unspecified atom stereocenters. The second-order valence-corrected chi connectivity index (χ2v) is 7.60. The molecule has 1 fully saturated rings. The third-order valence-corrected chi connectivity index (χ3v) is 5.22. The Morgan fingerprint density at radius 2 is 1.56 bits per heavy atom. The molecule has 1 saturated carbocycles. The van der Waals surface area contributed by atoms with Gasteiger partial charge in [0.1, 0.15) is 0 Å². The van der Waals surface area contributed by atoms with Gasteiger partial charge in [0.2, 0.25) is 0 Å². The normalized spacial score (nSPS) is 18.0. The molecule has 140 valence electrons. The molecule has 0 radical (unpaired) electrons. The van der Waals surface area contributed by atoms with Crippen molar-refractivity contribution in [1.82, 2.24) is 10.6 Å². The number of aryl methyl sites for hydroxylation is 1. The zero-order valence-electron chi connectivity index (χ0n) is 16.0. The summed E-state index contributed by atoms with van der Waals surface area (Å²) in [6.07, 6.45) is 15.2. The Morgan fingerprint density at radius 3 is 2.16 bits per heavy atom. The van der Waals surface area contributed by atoms with Gasteiger partial charge in [-0.2, -0.15) is 0 Å². The molecule has 1 aromatic carbocycles. The monoisotopic (exact) mass is 344 g/mol. The number of hydrogen-bond donors (Lipinski definition) is 2. The van der Waals surface area contributed by atoms with E-state index in [1.807, 2.05) is 0 Å². The highest BCUT2D eigenvalue weighted by Crippen LogP contribution is 2.16. The van der Waals surface area contributed by atoms with Crippen LogP contribution in [0.3, 0.4) is 0 Å². The summed E-state index contributed by atoms with van der Waals surface area (Å²) in [5, 5.41) is 6.25. The van der Waals surface area contributed by atoms with Crippen LogP contribution < -0.4 is 10.6 Å². The summed E-state index contributed by atoms with van der Waals surface area (Å²) >= 11 is 0. The predicted molar refractivity (Wildman–Crippen MR) is 106 cm³/mol. The highest BCUT2D eigenvalue weighted by Gasteiger charge is 2.12. The van der Waals surface area contributed by atoms with E-state index in [4.69, 9.17) is 0 Å². The molecule has 0 aromatic heterocycles. The lowest BCUT2D eigenvalue weighted by Gasteiger charge is -2.20. The molecule has 0 saturated heterocycles. The van der Waals surface area contributed by atoms with Gasteiger partial charge in [0.05, 0.1) is 0 Å². The maximum atomic E-state index is 12.2. The number of carbonyl (C=O) groups is 1. The Balaban J connectivity index is 1.68. The maximum absolute atomic E-state index is 12.2. The summed E-state index contributed by atoms with van der Waals surface area (Å²) in [5.74, 6) is 0. The van der Waals surface area contributed by atoms with Crippen LogP contribution in [0.15, 0.2) is 24.3 Å². The van der Waals surface area contributed by atoms with Crippen LogP contribution in [0.5, 0.6) is 0 Å². The van der Waals surface area contributed by atoms with Gasteiger partial charge in [-0.25, -0.2) is 4.79 Å². The molecule has 0 atom stereocenters.